The zero-order chi connectivity index (χ0) is 17.5. The summed E-state index contributed by atoms with van der Waals surface area (Å²) >= 11 is 0. The van der Waals surface area contributed by atoms with Crippen molar-refractivity contribution < 1.29 is 15.3 Å². The third-order valence-corrected chi connectivity index (χ3v) is 7.10. The SMILES string of the molecule is C=C/C(C)=C/C[C@@H]1[C@@]2(C)C(O)CC[C@@](C)(CO)[C@@H]2CC[C@@]1(C)O. The fraction of sp³-hybridized carbons (Fsp3) is 0.800. The van der Waals surface area contributed by atoms with Gasteiger partial charge >= 0.3 is 0 Å². The summed E-state index contributed by atoms with van der Waals surface area (Å²) in [7, 11) is 0. The topological polar surface area (TPSA) is 60.7 Å². The quantitative estimate of drug-likeness (QED) is 0.695. The van der Waals surface area contributed by atoms with Gasteiger partial charge in [0.1, 0.15) is 0 Å². The molecular formula is C20H34O3. The summed E-state index contributed by atoms with van der Waals surface area (Å²) in [6, 6.07) is 0. The van der Waals surface area contributed by atoms with E-state index in [0.717, 1.165) is 31.3 Å². The van der Waals surface area contributed by atoms with Crippen molar-refractivity contribution in [3.63, 3.8) is 0 Å². The second kappa shape index (κ2) is 6.34. The van der Waals surface area contributed by atoms with Gasteiger partial charge in [0, 0.05) is 12.0 Å². The Balaban J connectivity index is 2.45. The predicted molar refractivity (Wildman–Crippen MR) is 93.9 cm³/mol. The summed E-state index contributed by atoms with van der Waals surface area (Å²) in [6.45, 7) is 12.1. The molecule has 0 amide bonds. The van der Waals surface area contributed by atoms with E-state index >= 15 is 0 Å². The van der Waals surface area contributed by atoms with Crippen LogP contribution in [-0.4, -0.2) is 33.6 Å². The number of allylic oxidation sites excluding steroid dienone is 3. The fourth-order valence-electron chi connectivity index (χ4n) is 5.43. The number of hydrogen-bond acceptors (Lipinski definition) is 3. The molecular weight excluding hydrogens is 288 g/mol. The van der Waals surface area contributed by atoms with Crippen LogP contribution in [0, 0.1) is 22.7 Å². The second-order valence-electron chi connectivity index (χ2n) is 8.62. The Morgan fingerprint density at radius 2 is 1.87 bits per heavy atom. The number of aliphatic hydroxyl groups is 3. The van der Waals surface area contributed by atoms with Gasteiger partial charge in [-0.05, 0) is 63.2 Å². The molecule has 3 heteroatoms. The van der Waals surface area contributed by atoms with Crippen LogP contribution in [0.4, 0.5) is 0 Å². The molecule has 2 fully saturated rings. The Morgan fingerprint density at radius 1 is 1.22 bits per heavy atom. The highest BCUT2D eigenvalue weighted by Crippen LogP contribution is 2.62. The normalized spacial score (nSPS) is 48.0. The average molecular weight is 322 g/mol. The van der Waals surface area contributed by atoms with Crippen LogP contribution in [0.5, 0.6) is 0 Å². The number of fused-ring (bicyclic) bond motifs is 1. The molecule has 0 spiro atoms. The average Bonchev–Trinajstić information content (AvgIpc) is 2.50. The molecule has 0 aromatic heterocycles. The largest absolute Gasteiger partial charge is 0.396 e. The molecule has 0 radical (unpaired) electrons. The minimum Gasteiger partial charge on any atom is -0.396 e. The maximum absolute atomic E-state index is 11.1. The van der Waals surface area contributed by atoms with Crippen molar-refractivity contribution in [2.75, 3.05) is 6.61 Å². The molecule has 0 saturated heterocycles. The minimum absolute atomic E-state index is 0.0233. The molecule has 0 heterocycles. The lowest BCUT2D eigenvalue weighted by Gasteiger charge is -2.63. The van der Waals surface area contributed by atoms with E-state index in [0.29, 0.717) is 6.42 Å². The molecule has 3 N–H and O–H groups in total. The number of aliphatic hydroxyl groups excluding tert-OH is 2. The van der Waals surface area contributed by atoms with Crippen LogP contribution in [-0.2, 0) is 0 Å². The molecule has 2 rings (SSSR count). The molecule has 3 nitrogen and oxygen atoms in total. The van der Waals surface area contributed by atoms with Crippen LogP contribution in [0.2, 0.25) is 0 Å². The van der Waals surface area contributed by atoms with Gasteiger partial charge in [-0.15, -0.1) is 0 Å². The van der Waals surface area contributed by atoms with Crippen LogP contribution < -0.4 is 0 Å². The first kappa shape index (κ1) is 18.7. The van der Waals surface area contributed by atoms with Gasteiger partial charge < -0.3 is 15.3 Å². The Hall–Kier alpha value is -0.640. The third kappa shape index (κ3) is 3.04. The van der Waals surface area contributed by atoms with Crippen molar-refractivity contribution in [1.82, 2.24) is 0 Å². The predicted octanol–water partition coefficient (Wildman–Crippen LogP) is 3.45. The van der Waals surface area contributed by atoms with Gasteiger partial charge in [0.2, 0.25) is 0 Å². The van der Waals surface area contributed by atoms with Gasteiger partial charge in [0.25, 0.3) is 0 Å². The Bertz CT molecular complexity index is 481. The van der Waals surface area contributed by atoms with Crippen LogP contribution in [0.1, 0.15) is 59.8 Å². The van der Waals surface area contributed by atoms with Gasteiger partial charge in [-0.1, -0.05) is 38.2 Å². The van der Waals surface area contributed by atoms with Crippen LogP contribution in [0.25, 0.3) is 0 Å². The van der Waals surface area contributed by atoms with Crippen molar-refractivity contribution in [2.45, 2.75) is 71.5 Å². The summed E-state index contributed by atoms with van der Waals surface area (Å²) in [5, 5.41) is 31.9. The lowest BCUT2D eigenvalue weighted by atomic mass is 9.44. The first-order valence-corrected chi connectivity index (χ1v) is 8.92. The summed E-state index contributed by atoms with van der Waals surface area (Å²) in [5.74, 6) is 0.205. The van der Waals surface area contributed by atoms with Crippen LogP contribution in [0.15, 0.2) is 24.3 Å². The number of rotatable bonds is 4. The molecule has 0 bridgehead atoms. The van der Waals surface area contributed by atoms with E-state index in [2.05, 4.69) is 26.5 Å². The van der Waals surface area contributed by atoms with Crippen LogP contribution >= 0.6 is 0 Å². The van der Waals surface area contributed by atoms with Crippen molar-refractivity contribution in [3.8, 4) is 0 Å². The smallest absolute Gasteiger partial charge is 0.0657 e. The van der Waals surface area contributed by atoms with Crippen LogP contribution in [0.3, 0.4) is 0 Å². The second-order valence-corrected chi connectivity index (χ2v) is 8.62. The van der Waals surface area contributed by atoms with E-state index < -0.39 is 11.7 Å². The monoisotopic (exact) mass is 322 g/mol. The summed E-state index contributed by atoms with van der Waals surface area (Å²) in [6.07, 6.45) is 7.38. The molecule has 2 aliphatic carbocycles. The molecule has 2 saturated carbocycles. The molecule has 23 heavy (non-hydrogen) atoms. The van der Waals surface area contributed by atoms with E-state index in [1.54, 1.807) is 0 Å². The summed E-state index contributed by atoms with van der Waals surface area (Å²) in [4.78, 5) is 0. The molecule has 6 atom stereocenters. The molecule has 0 aromatic rings. The van der Waals surface area contributed by atoms with Gasteiger partial charge in [-0.25, -0.2) is 0 Å². The van der Waals surface area contributed by atoms with E-state index in [4.69, 9.17) is 0 Å². The van der Waals surface area contributed by atoms with E-state index in [1.165, 1.54) is 0 Å². The zero-order valence-corrected chi connectivity index (χ0v) is 15.2. The standard InChI is InChI=1S/C20H34O3/c1-6-14(2)7-8-16-19(4,23)12-9-15-18(3,13-21)11-10-17(22)20(15,16)5/h6-7,15-17,21-23H,1,8-13H2,2-5H3/b14-7+/t15-,16-,17?,18-,19+,20-/m0/s1. The number of hydrogen-bond donors (Lipinski definition) is 3. The molecule has 0 aliphatic heterocycles. The maximum Gasteiger partial charge on any atom is 0.0657 e. The van der Waals surface area contributed by atoms with Crippen molar-refractivity contribution in [3.05, 3.63) is 24.3 Å². The highest BCUT2D eigenvalue weighted by Gasteiger charge is 2.62. The van der Waals surface area contributed by atoms with Crippen molar-refractivity contribution in [1.29, 1.82) is 0 Å². The van der Waals surface area contributed by atoms with Gasteiger partial charge in [-0.3, -0.25) is 0 Å². The molecule has 132 valence electrons. The summed E-state index contributed by atoms with van der Waals surface area (Å²) < 4.78 is 0. The molecule has 0 aromatic carbocycles. The molecule has 2 aliphatic rings. The fourth-order valence-corrected chi connectivity index (χ4v) is 5.43. The highest BCUT2D eigenvalue weighted by molar-refractivity contribution is 5.17. The highest BCUT2D eigenvalue weighted by atomic mass is 16.3. The minimum atomic E-state index is -0.794. The van der Waals surface area contributed by atoms with Gasteiger partial charge in [-0.2, -0.15) is 0 Å². The first-order valence-electron chi connectivity index (χ1n) is 8.92. The third-order valence-electron chi connectivity index (χ3n) is 7.10. The maximum atomic E-state index is 11.1. The molecule has 1 unspecified atom stereocenters. The van der Waals surface area contributed by atoms with Crippen molar-refractivity contribution >= 4 is 0 Å². The lowest BCUT2D eigenvalue weighted by molar-refractivity contribution is -0.219. The van der Waals surface area contributed by atoms with E-state index in [-0.39, 0.29) is 29.3 Å². The Labute approximate surface area is 141 Å². The Morgan fingerprint density at radius 3 is 2.43 bits per heavy atom. The van der Waals surface area contributed by atoms with E-state index in [1.807, 2.05) is 19.9 Å². The lowest BCUT2D eigenvalue weighted by Crippen LogP contribution is -2.63. The zero-order valence-electron chi connectivity index (χ0n) is 15.2. The van der Waals surface area contributed by atoms with Gasteiger partial charge in [0.15, 0.2) is 0 Å². The first-order chi connectivity index (χ1) is 10.6. The van der Waals surface area contributed by atoms with E-state index in [9.17, 15) is 15.3 Å². The Kier molecular flexibility index (Phi) is 5.16. The summed E-state index contributed by atoms with van der Waals surface area (Å²) in [5.41, 5.74) is -0.241. The van der Waals surface area contributed by atoms with Gasteiger partial charge in [0.05, 0.1) is 11.7 Å². The van der Waals surface area contributed by atoms with Crippen molar-refractivity contribution in [2.24, 2.45) is 22.7 Å².